The minimum atomic E-state index is -0.585. The van der Waals surface area contributed by atoms with Crippen molar-refractivity contribution in [2.45, 2.75) is 46.2 Å². The van der Waals surface area contributed by atoms with E-state index >= 15 is 0 Å². The third-order valence-electron chi connectivity index (χ3n) is 6.05. The number of hydrogen-bond donors (Lipinski definition) is 1. The fraction of sp³-hybridized carbons (Fsp3) is 0.364. The summed E-state index contributed by atoms with van der Waals surface area (Å²) in [4.78, 5) is 27.9. The topological polar surface area (TPSA) is 99.0 Å². The molecule has 1 aliphatic heterocycles. The summed E-state index contributed by atoms with van der Waals surface area (Å²) in [7, 11) is 0. The molecule has 1 aliphatic rings. The lowest BCUT2D eigenvalue weighted by Gasteiger charge is -2.24. The second-order valence-electron chi connectivity index (χ2n) is 7.89. The lowest BCUT2D eigenvalue weighted by Crippen LogP contribution is -2.42. The molecule has 2 aromatic heterocycles. The Morgan fingerprint density at radius 3 is 2.55 bits per heavy atom. The van der Waals surface area contributed by atoms with E-state index in [1.54, 1.807) is 9.58 Å². The molecule has 0 aliphatic carbocycles. The average Bonchev–Trinajstić information content (AvgIpc) is 3.44. The van der Waals surface area contributed by atoms with Gasteiger partial charge in [-0.05, 0) is 63.4 Å². The largest absolute Gasteiger partial charge is 0.383 e. The summed E-state index contributed by atoms with van der Waals surface area (Å²) >= 11 is 0. The highest BCUT2D eigenvalue weighted by Crippen LogP contribution is 2.26. The van der Waals surface area contributed by atoms with Gasteiger partial charge in [0, 0.05) is 12.2 Å². The van der Waals surface area contributed by atoms with E-state index < -0.39 is 6.04 Å². The Hall–Kier alpha value is -3.49. The van der Waals surface area contributed by atoms with E-state index in [2.05, 4.69) is 10.2 Å². The van der Waals surface area contributed by atoms with Crippen molar-refractivity contribution in [2.24, 2.45) is 0 Å². The van der Waals surface area contributed by atoms with E-state index in [1.165, 1.54) is 35.1 Å². The second-order valence-corrected chi connectivity index (χ2v) is 7.89. The van der Waals surface area contributed by atoms with Gasteiger partial charge in [0.25, 0.3) is 0 Å². The summed E-state index contributed by atoms with van der Waals surface area (Å²) in [6, 6.07) is 5.09. The number of Topliss-reactive ketones (excluding diaryl/α,β-unsaturated/α-hetero) is 1. The maximum Gasteiger partial charge on any atom is 0.244 e. The lowest BCUT2D eigenvalue weighted by molar-refractivity contribution is -0.132. The van der Waals surface area contributed by atoms with Crippen LogP contribution in [0.3, 0.4) is 0 Å². The third-order valence-corrected chi connectivity index (χ3v) is 6.05. The number of anilines is 1. The van der Waals surface area contributed by atoms with Gasteiger partial charge < -0.3 is 10.6 Å². The summed E-state index contributed by atoms with van der Waals surface area (Å²) in [5.74, 6) is -0.582. The number of rotatable bonds is 5. The Balaban J connectivity index is 1.55. The first kappa shape index (κ1) is 20.8. The third kappa shape index (κ3) is 3.71. The number of hydrogen-bond acceptors (Lipinski definition) is 5. The number of nitrogens with zero attached hydrogens (tertiary/aromatic N) is 5. The zero-order valence-corrected chi connectivity index (χ0v) is 17.8. The van der Waals surface area contributed by atoms with Crippen LogP contribution in [0, 0.1) is 26.6 Å². The molecule has 2 N–H and O–H groups in total. The fourth-order valence-electron chi connectivity index (χ4n) is 4.01. The monoisotopic (exact) mass is 424 g/mol. The van der Waals surface area contributed by atoms with Gasteiger partial charge in [-0.15, -0.1) is 0 Å². The van der Waals surface area contributed by atoms with Crippen molar-refractivity contribution in [3.05, 3.63) is 58.8 Å². The molecule has 1 atom stereocenters. The number of benzene rings is 1. The molecule has 1 aromatic carbocycles. The summed E-state index contributed by atoms with van der Waals surface area (Å²) in [6.45, 7) is 6.42. The number of carbonyl (C=O) groups excluding carboxylic acids is 2. The molecule has 0 bridgehead atoms. The smallest absolute Gasteiger partial charge is 0.244 e. The molecular formula is C22H25FN6O2. The zero-order chi connectivity index (χ0) is 22.3. The Morgan fingerprint density at radius 1 is 1.19 bits per heavy atom. The molecule has 0 radical (unpaired) electrons. The van der Waals surface area contributed by atoms with Crippen LogP contribution < -0.4 is 5.73 Å². The number of amides is 1. The standard InChI is InChI=1S/C22H25FN6O2/c1-13-14(2)26-28(15(13)3)12-20(30)27-10-4-5-19(27)21(31)18-11-25-29(22(18)24)17-8-6-16(23)7-9-17/h6-9,11,19H,4-5,10,12,24H2,1-3H3. The molecule has 3 aromatic rings. The molecule has 9 heteroatoms. The molecule has 3 heterocycles. The summed E-state index contributed by atoms with van der Waals surface area (Å²) in [5.41, 5.74) is 9.90. The number of aryl methyl sites for hydroxylation is 1. The first-order chi connectivity index (χ1) is 14.8. The molecule has 4 rings (SSSR count). The van der Waals surface area contributed by atoms with Crippen LogP contribution in [0.2, 0.25) is 0 Å². The quantitative estimate of drug-likeness (QED) is 0.635. The van der Waals surface area contributed by atoms with E-state index in [4.69, 9.17) is 5.73 Å². The first-order valence-corrected chi connectivity index (χ1v) is 10.2. The summed E-state index contributed by atoms with van der Waals surface area (Å²) in [6.07, 6.45) is 2.72. The van der Waals surface area contributed by atoms with Crippen LogP contribution in [0.4, 0.5) is 10.2 Å². The minimum Gasteiger partial charge on any atom is -0.383 e. The molecule has 162 valence electrons. The van der Waals surface area contributed by atoms with Gasteiger partial charge in [-0.3, -0.25) is 14.3 Å². The van der Waals surface area contributed by atoms with E-state index in [-0.39, 0.29) is 35.4 Å². The number of nitrogen functional groups attached to an aromatic ring is 1. The van der Waals surface area contributed by atoms with Crippen molar-refractivity contribution in [3.63, 3.8) is 0 Å². The van der Waals surface area contributed by atoms with Crippen molar-refractivity contribution in [3.8, 4) is 5.69 Å². The van der Waals surface area contributed by atoms with E-state index in [0.29, 0.717) is 18.7 Å². The predicted octanol–water partition coefficient (Wildman–Crippen LogP) is 2.59. The predicted molar refractivity (Wildman–Crippen MR) is 113 cm³/mol. The zero-order valence-electron chi connectivity index (χ0n) is 17.8. The van der Waals surface area contributed by atoms with Crippen LogP contribution in [-0.4, -0.2) is 48.7 Å². The van der Waals surface area contributed by atoms with Gasteiger partial charge in [-0.1, -0.05) is 0 Å². The van der Waals surface area contributed by atoms with Gasteiger partial charge in [0.1, 0.15) is 18.2 Å². The number of nitrogens with two attached hydrogens (primary N) is 1. The number of ketones is 1. The van der Waals surface area contributed by atoms with Crippen molar-refractivity contribution < 1.29 is 14.0 Å². The van der Waals surface area contributed by atoms with Gasteiger partial charge in [0.15, 0.2) is 5.78 Å². The molecule has 1 saturated heterocycles. The number of carbonyl (C=O) groups is 2. The number of aromatic nitrogens is 4. The van der Waals surface area contributed by atoms with Crippen LogP contribution in [0.5, 0.6) is 0 Å². The number of likely N-dealkylation sites (tertiary alicyclic amines) is 1. The SMILES string of the molecule is Cc1nn(CC(=O)N2CCCC2C(=O)c2cnn(-c3ccc(F)cc3)c2N)c(C)c1C. The fourth-order valence-corrected chi connectivity index (χ4v) is 4.01. The van der Waals surface area contributed by atoms with Gasteiger partial charge in [0.05, 0.1) is 29.2 Å². The van der Waals surface area contributed by atoms with Gasteiger partial charge in [-0.2, -0.15) is 10.2 Å². The Morgan fingerprint density at radius 2 is 1.90 bits per heavy atom. The van der Waals surface area contributed by atoms with Gasteiger partial charge in [0.2, 0.25) is 5.91 Å². The first-order valence-electron chi connectivity index (χ1n) is 10.2. The molecule has 1 amide bonds. The highest BCUT2D eigenvalue weighted by molar-refractivity contribution is 6.05. The molecule has 0 spiro atoms. The number of halogens is 1. The van der Waals surface area contributed by atoms with E-state index in [0.717, 1.165) is 23.4 Å². The van der Waals surface area contributed by atoms with Crippen LogP contribution in [0.1, 0.15) is 40.2 Å². The molecular weight excluding hydrogens is 399 g/mol. The van der Waals surface area contributed by atoms with Crippen LogP contribution >= 0.6 is 0 Å². The normalized spacial score (nSPS) is 16.1. The summed E-state index contributed by atoms with van der Waals surface area (Å²) in [5, 5.41) is 8.63. The van der Waals surface area contributed by atoms with E-state index in [1.807, 2.05) is 20.8 Å². The van der Waals surface area contributed by atoms with Crippen LogP contribution in [0.25, 0.3) is 5.69 Å². The molecule has 8 nitrogen and oxygen atoms in total. The minimum absolute atomic E-state index is 0.0919. The average molecular weight is 424 g/mol. The molecule has 1 fully saturated rings. The van der Waals surface area contributed by atoms with Crippen molar-refractivity contribution in [1.82, 2.24) is 24.5 Å². The second kappa shape index (κ2) is 7.98. The van der Waals surface area contributed by atoms with Crippen molar-refractivity contribution in [2.75, 3.05) is 12.3 Å². The van der Waals surface area contributed by atoms with E-state index in [9.17, 15) is 14.0 Å². The highest BCUT2D eigenvalue weighted by atomic mass is 19.1. The van der Waals surface area contributed by atoms with Crippen molar-refractivity contribution >= 4 is 17.5 Å². The highest BCUT2D eigenvalue weighted by Gasteiger charge is 2.36. The van der Waals surface area contributed by atoms with Gasteiger partial charge in [-0.25, -0.2) is 9.07 Å². The molecule has 31 heavy (non-hydrogen) atoms. The molecule has 0 saturated carbocycles. The maximum atomic E-state index is 13.2. The van der Waals surface area contributed by atoms with Crippen LogP contribution in [0.15, 0.2) is 30.5 Å². The molecule has 1 unspecified atom stereocenters. The van der Waals surface area contributed by atoms with Crippen molar-refractivity contribution in [1.29, 1.82) is 0 Å². The Kier molecular flexibility index (Phi) is 5.34. The van der Waals surface area contributed by atoms with Gasteiger partial charge >= 0.3 is 0 Å². The van der Waals surface area contributed by atoms with Crippen LogP contribution in [-0.2, 0) is 11.3 Å². The maximum absolute atomic E-state index is 13.2. The lowest BCUT2D eigenvalue weighted by atomic mass is 10.0. The summed E-state index contributed by atoms with van der Waals surface area (Å²) < 4.78 is 16.3. The Labute approximate surface area is 179 Å². The Bertz CT molecular complexity index is 1150.